The van der Waals surface area contributed by atoms with E-state index in [1.165, 1.54) is 0 Å². The van der Waals surface area contributed by atoms with Crippen LogP contribution in [0.15, 0.2) is 46.9 Å². The van der Waals surface area contributed by atoms with Crippen LogP contribution in [0.3, 0.4) is 0 Å². The summed E-state index contributed by atoms with van der Waals surface area (Å²) in [6.07, 6.45) is 4.31. The maximum Gasteiger partial charge on any atom is 0.258 e. The number of halogens is 1. The average Bonchev–Trinajstić information content (AvgIpc) is 3.22. The summed E-state index contributed by atoms with van der Waals surface area (Å²) in [5.74, 6) is 0.269. The third-order valence-electron chi connectivity index (χ3n) is 5.23. The third kappa shape index (κ3) is 4.78. The molecule has 1 aliphatic carbocycles. The van der Waals surface area contributed by atoms with E-state index in [9.17, 15) is 9.59 Å². The number of carbonyl (C=O) groups is 2. The molecule has 0 spiro atoms. The van der Waals surface area contributed by atoms with Crippen LogP contribution >= 0.6 is 15.9 Å². The number of amides is 2. The Bertz CT molecular complexity index is 827. The van der Waals surface area contributed by atoms with Crippen molar-refractivity contribution in [1.82, 2.24) is 5.32 Å². The summed E-state index contributed by atoms with van der Waals surface area (Å²) in [6.45, 7) is 2.51. The van der Waals surface area contributed by atoms with Gasteiger partial charge < -0.3 is 10.2 Å². The molecule has 3 rings (SSSR count). The molecule has 2 aromatic rings. The molecule has 1 N–H and O–H groups in total. The number of carbonyl (C=O) groups excluding carboxylic acids is 2. The maximum atomic E-state index is 12.7. The standard InChI is InChI=1S/C22H25BrN2O2/c1-15-13-19(11-12-20(15)23)25(2)22(27)18-9-7-16(8-10-18)14-24-21(26)17-5-3-4-6-17/h7-13,17H,3-6,14H2,1-2H3,(H,24,26). The Balaban J connectivity index is 1.61. The van der Waals surface area contributed by atoms with Gasteiger partial charge in [0.1, 0.15) is 0 Å². The lowest BCUT2D eigenvalue weighted by molar-refractivity contribution is -0.124. The summed E-state index contributed by atoms with van der Waals surface area (Å²) >= 11 is 3.48. The van der Waals surface area contributed by atoms with Gasteiger partial charge >= 0.3 is 0 Å². The summed E-state index contributed by atoms with van der Waals surface area (Å²) in [5, 5.41) is 3.01. The number of hydrogen-bond donors (Lipinski definition) is 1. The van der Waals surface area contributed by atoms with E-state index in [0.717, 1.165) is 47.0 Å². The largest absolute Gasteiger partial charge is 0.352 e. The lowest BCUT2D eigenvalue weighted by Gasteiger charge is -2.18. The zero-order valence-corrected chi connectivity index (χ0v) is 17.4. The topological polar surface area (TPSA) is 49.4 Å². The lowest BCUT2D eigenvalue weighted by Crippen LogP contribution is -2.29. The maximum absolute atomic E-state index is 12.7. The molecule has 0 aliphatic heterocycles. The second kappa shape index (κ2) is 8.70. The molecule has 2 aromatic carbocycles. The van der Waals surface area contributed by atoms with Crippen molar-refractivity contribution in [3.63, 3.8) is 0 Å². The lowest BCUT2D eigenvalue weighted by atomic mass is 10.1. The third-order valence-corrected chi connectivity index (χ3v) is 6.12. The van der Waals surface area contributed by atoms with Crippen molar-refractivity contribution in [1.29, 1.82) is 0 Å². The Labute approximate surface area is 169 Å². The molecule has 0 unspecified atom stereocenters. The summed E-state index contributed by atoms with van der Waals surface area (Å²) in [5.41, 5.74) is 3.57. The van der Waals surface area contributed by atoms with Gasteiger partial charge in [-0.1, -0.05) is 40.9 Å². The van der Waals surface area contributed by atoms with Gasteiger partial charge in [-0.15, -0.1) is 0 Å². The molecule has 0 bridgehead atoms. The highest BCUT2D eigenvalue weighted by atomic mass is 79.9. The smallest absolute Gasteiger partial charge is 0.258 e. The predicted molar refractivity (Wildman–Crippen MR) is 112 cm³/mol. The highest BCUT2D eigenvalue weighted by molar-refractivity contribution is 9.10. The molecular formula is C22H25BrN2O2. The Hall–Kier alpha value is -2.14. The molecule has 0 radical (unpaired) electrons. The highest BCUT2D eigenvalue weighted by Gasteiger charge is 2.22. The summed E-state index contributed by atoms with van der Waals surface area (Å²) in [6, 6.07) is 13.3. The molecule has 142 valence electrons. The quantitative estimate of drug-likeness (QED) is 0.740. The van der Waals surface area contributed by atoms with E-state index in [2.05, 4.69) is 21.2 Å². The van der Waals surface area contributed by atoms with Crippen molar-refractivity contribution in [3.8, 4) is 0 Å². The molecule has 0 saturated heterocycles. The van der Waals surface area contributed by atoms with Gasteiger partial charge in [0.05, 0.1) is 0 Å². The van der Waals surface area contributed by atoms with E-state index in [0.29, 0.717) is 12.1 Å². The van der Waals surface area contributed by atoms with Gasteiger partial charge in [-0.05, 0) is 61.2 Å². The van der Waals surface area contributed by atoms with E-state index in [1.807, 2.05) is 49.4 Å². The van der Waals surface area contributed by atoms with Crippen LogP contribution in [0.5, 0.6) is 0 Å². The Morgan fingerprint density at radius 3 is 2.41 bits per heavy atom. The number of nitrogens with one attached hydrogen (secondary N) is 1. The summed E-state index contributed by atoms with van der Waals surface area (Å²) < 4.78 is 1.02. The summed E-state index contributed by atoms with van der Waals surface area (Å²) in [7, 11) is 1.78. The second-order valence-corrected chi connectivity index (χ2v) is 8.05. The molecule has 4 nitrogen and oxygen atoms in total. The van der Waals surface area contributed by atoms with E-state index in [1.54, 1.807) is 11.9 Å². The number of rotatable bonds is 5. The highest BCUT2D eigenvalue weighted by Crippen LogP contribution is 2.25. The average molecular weight is 429 g/mol. The van der Waals surface area contributed by atoms with Gasteiger partial charge in [-0.2, -0.15) is 0 Å². The van der Waals surface area contributed by atoms with Crippen molar-refractivity contribution in [2.75, 3.05) is 11.9 Å². The first-order valence-electron chi connectivity index (χ1n) is 9.36. The predicted octanol–water partition coefficient (Wildman–Crippen LogP) is 4.84. The monoisotopic (exact) mass is 428 g/mol. The fourth-order valence-electron chi connectivity index (χ4n) is 3.44. The first-order valence-corrected chi connectivity index (χ1v) is 10.2. The van der Waals surface area contributed by atoms with Gasteiger partial charge in [-0.25, -0.2) is 0 Å². The van der Waals surface area contributed by atoms with Gasteiger partial charge in [0.2, 0.25) is 5.91 Å². The van der Waals surface area contributed by atoms with Gasteiger partial charge in [0.25, 0.3) is 5.91 Å². The van der Waals surface area contributed by atoms with Crippen LogP contribution in [-0.2, 0) is 11.3 Å². The van der Waals surface area contributed by atoms with Gasteiger partial charge in [0.15, 0.2) is 0 Å². The minimum absolute atomic E-state index is 0.0572. The van der Waals surface area contributed by atoms with Crippen LogP contribution in [0.25, 0.3) is 0 Å². The van der Waals surface area contributed by atoms with Crippen molar-refractivity contribution >= 4 is 33.4 Å². The number of hydrogen-bond acceptors (Lipinski definition) is 2. The number of anilines is 1. The molecule has 2 amide bonds. The van der Waals surface area contributed by atoms with Crippen molar-refractivity contribution in [2.24, 2.45) is 5.92 Å². The molecule has 0 atom stereocenters. The second-order valence-electron chi connectivity index (χ2n) is 7.19. The zero-order chi connectivity index (χ0) is 19.4. The Morgan fingerprint density at radius 1 is 1.11 bits per heavy atom. The van der Waals surface area contributed by atoms with E-state index in [-0.39, 0.29) is 17.7 Å². The molecule has 0 aromatic heterocycles. The molecule has 5 heteroatoms. The van der Waals surface area contributed by atoms with Crippen molar-refractivity contribution in [2.45, 2.75) is 39.2 Å². The molecular weight excluding hydrogens is 404 g/mol. The first-order chi connectivity index (χ1) is 13.0. The minimum Gasteiger partial charge on any atom is -0.352 e. The number of aryl methyl sites for hydroxylation is 1. The fraction of sp³-hybridized carbons (Fsp3) is 0.364. The van der Waals surface area contributed by atoms with E-state index >= 15 is 0 Å². The van der Waals surface area contributed by atoms with Crippen LogP contribution in [0, 0.1) is 12.8 Å². The normalized spacial score (nSPS) is 14.2. The van der Waals surface area contributed by atoms with Crippen LogP contribution in [0.2, 0.25) is 0 Å². The Kier molecular flexibility index (Phi) is 6.32. The molecule has 1 aliphatic rings. The van der Waals surface area contributed by atoms with E-state index < -0.39 is 0 Å². The SMILES string of the molecule is Cc1cc(N(C)C(=O)c2ccc(CNC(=O)C3CCCC3)cc2)ccc1Br. The molecule has 1 fully saturated rings. The molecule has 1 saturated carbocycles. The van der Waals surface area contributed by atoms with Crippen LogP contribution in [0.1, 0.15) is 47.2 Å². The van der Waals surface area contributed by atoms with Crippen LogP contribution in [-0.4, -0.2) is 18.9 Å². The number of benzene rings is 2. The van der Waals surface area contributed by atoms with Crippen molar-refractivity contribution in [3.05, 3.63) is 63.6 Å². The van der Waals surface area contributed by atoms with Crippen LogP contribution < -0.4 is 10.2 Å². The Morgan fingerprint density at radius 2 is 1.78 bits per heavy atom. The van der Waals surface area contributed by atoms with Crippen molar-refractivity contribution < 1.29 is 9.59 Å². The molecule has 27 heavy (non-hydrogen) atoms. The van der Waals surface area contributed by atoms with Crippen LogP contribution in [0.4, 0.5) is 5.69 Å². The number of nitrogens with zero attached hydrogens (tertiary/aromatic N) is 1. The summed E-state index contributed by atoms with van der Waals surface area (Å²) in [4.78, 5) is 26.5. The van der Waals surface area contributed by atoms with E-state index in [4.69, 9.17) is 0 Å². The van der Waals surface area contributed by atoms with Gasteiger partial charge in [0, 0.05) is 35.2 Å². The zero-order valence-electron chi connectivity index (χ0n) is 15.8. The van der Waals surface area contributed by atoms with Gasteiger partial charge in [-0.3, -0.25) is 9.59 Å². The fourth-order valence-corrected chi connectivity index (χ4v) is 3.68. The molecule has 0 heterocycles. The minimum atomic E-state index is -0.0572. The first kappa shape index (κ1) is 19.6.